The third-order valence-corrected chi connectivity index (χ3v) is 4.77. The van der Waals surface area contributed by atoms with Crippen LogP contribution in [0.25, 0.3) is 17.1 Å². The van der Waals surface area contributed by atoms with Crippen molar-refractivity contribution in [2.45, 2.75) is 20.8 Å². The van der Waals surface area contributed by atoms with E-state index in [-0.39, 0.29) is 0 Å². The van der Waals surface area contributed by atoms with Crippen LogP contribution in [0.5, 0.6) is 0 Å². The molecule has 0 aliphatic carbocycles. The Balaban J connectivity index is 1.66. The maximum atomic E-state index is 5.21. The Bertz CT molecular complexity index is 1040. The maximum absolute atomic E-state index is 5.21. The highest BCUT2D eigenvalue weighted by atomic mass is 32.1. The summed E-state index contributed by atoms with van der Waals surface area (Å²) in [5.41, 5.74) is 5.14. The van der Waals surface area contributed by atoms with E-state index in [2.05, 4.69) is 45.4 Å². The van der Waals surface area contributed by atoms with Crippen molar-refractivity contribution >= 4 is 22.2 Å². The number of nitrogens with zero attached hydrogens (tertiary/aromatic N) is 5. The van der Waals surface area contributed by atoms with Gasteiger partial charge < -0.3 is 9.84 Å². The van der Waals surface area contributed by atoms with E-state index in [0.717, 1.165) is 45.0 Å². The van der Waals surface area contributed by atoms with E-state index in [4.69, 9.17) is 9.51 Å². The van der Waals surface area contributed by atoms with E-state index in [9.17, 15) is 0 Å². The Kier molecular flexibility index (Phi) is 3.69. The molecule has 0 aliphatic rings. The third-order valence-electron chi connectivity index (χ3n) is 4.01. The van der Waals surface area contributed by atoms with Gasteiger partial charge in [0.15, 0.2) is 10.9 Å². The second kappa shape index (κ2) is 5.89. The molecule has 0 amide bonds. The number of anilines is 2. The van der Waals surface area contributed by atoms with Crippen LogP contribution in [-0.4, -0.2) is 24.5 Å². The monoisotopic (exact) mass is 354 g/mol. The lowest BCUT2D eigenvalue weighted by Gasteiger charge is -2.04. The van der Waals surface area contributed by atoms with Crippen molar-refractivity contribution in [3.63, 3.8) is 0 Å². The Morgan fingerprint density at radius 1 is 1.20 bits per heavy atom. The first-order valence-corrected chi connectivity index (χ1v) is 8.73. The zero-order valence-electron chi connectivity index (χ0n) is 14.4. The van der Waals surface area contributed by atoms with Crippen LogP contribution in [0.15, 0.2) is 34.4 Å². The first kappa shape index (κ1) is 15.6. The summed E-state index contributed by atoms with van der Waals surface area (Å²) in [6.45, 7) is 6.02. The van der Waals surface area contributed by atoms with Crippen LogP contribution >= 0.6 is 11.3 Å². The lowest BCUT2D eigenvalue weighted by atomic mass is 10.2. The molecule has 7 nitrogen and oxygen atoms in total. The van der Waals surface area contributed by atoms with Gasteiger partial charge in [-0.3, -0.25) is 9.25 Å². The van der Waals surface area contributed by atoms with Crippen LogP contribution in [0.3, 0.4) is 0 Å². The number of hydrogen-bond donors (Lipinski definition) is 1. The van der Waals surface area contributed by atoms with Crippen LogP contribution < -0.4 is 5.32 Å². The number of nitrogens with one attached hydrogen (secondary N) is 1. The Morgan fingerprint density at radius 2 is 2.04 bits per heavy atom. The van der Waals surface area contributed by atoms with Gasteiger partial charge >= 0.3 is 0 Å². The van der Waals surface area contributed by atoms with Crippen molar-refractivity contribution < 1.29 is 4.52 Å². The summed E-state index contributed by atoms with van der Waals surface area (Å²) in [6.07, 6.45) is 3.69. The number of aromatic nitrogens is 5. The van der Waals surface area contributed by atoms with E-state index >= 15 is 0 Å². The molecule has 0 fully saturated rings. The van der Waals surface area contributed by atoms with Crippen LogP contribution in [-0.2, 0) is 7.05 Å². The summed E-state index contributed by atoms with van der Waals surface area (Å²) in [5, 5.41) is 14.5. The molecule has 0 spiro atoms. The minimum Gasteiger partial charge on any atom is -0.360 e. The molecule has 4 aromatic heterocycles. The Morgan fingerprint density at radius 3 is 2.72 bits per heavy atom. The number of hydrogen-bond acceptors (Lipinski definition) is 6. The SMILES string of the molecule is Cc1cc(-n2c(C)cc(-c3csc(Nc4cnn(C)c4)n3)c2C)no1. The van der Waals surface area contributed by atoms with Gasteiger partial charge in [-0.1, -0.05) is 5.16 Å². The molecular formula is C17H18N6OS. The number of aryl methyl sites for hydroxylation is 3. The fourth-order valence-electron chi connectivity index (χ4n) is 2.90. The van der Waals surface area contributed by atoms with Crippen LogP contribution in [0.4, 0.5) is 10.8 Å². The van der Waals surface area contributed by atoms with Crippen molar-refractivity contribution in [2.24, 2.45) is 7.05 Å². The van der Waals surface area contributed by atoms with Gasteiger partial charge in [-0.25, -0.2) is 4.98 Å². The van der Waals surface area contributed by atoms with Gasteiger partial charge in [-0.2, -0.15) is 5.10 Å². The molecule has 0 saturated heterocycles. The minimum absolute atomic E-state index is 0.792. The molecule has 4 rings (SSSR count). The lowest BCUT2D eigenvalue weighted by Crippen LogP contribution is -1.99. The minimum atomic E-state index is 0.792. The average molecular weight is 354 g/mol. The van der Waals surface area contributed by atoms with Crippen molar-refractivity contribution in [3.8, 4) is 17.1 Å². The predicted molar refractivity (Wildman–Crippen MR) is 97.6 cm³/mol. The second-order valence-electron chi connectivity index (χ2n) is 5.98. The van der Waals surface area contributed by atoms with Gasteiger partial charge in [0.2, 0.25) is 0 Å². The molecule has 25 heavy (non-hydrogen) atoms. The van der Waals surface area contributed by atoms with Crippen molar-refractivity contribution in [3.05, 3.63) is 47.1 Å². The van der Waals surface area contributed by atoms with Gasteiger partial charge in [0.05, 0.1) is 17.6 Å². The van der Waals surface area contributed by atoms with E-state index in [0.29, 0.717) is 0 Å². The normalized spacial score (nSPS) is 11.2. The molecule has 1 N–H and O–H groups in total. The zero-order chi connectivity index (χ0) is 17.6. The summed E-state index contributed by atoms with van der Waals surface area (Å²) < 4.78 is 9.05. The molecule has 0 saturated carbocycles. The molecule has 0 unspecified atom stereocenters. The van der Waals surface area contributed by atoms with Gasteiger partial charge in [0, 0.05) is 41.6 Å². The maximum Gasteiger partial charge on any atom is 0.187 e. The first-order chi connectivity index (χ1) is 12.0. The molecule has 0 atom stereocenters. The fraction of sp³-hybridized carbons (Fsp3) is 0.235. The molecule has 0 bridgehead atoms. The number of thiazole rings is 1. The second-order valence-corrected chi connectivity index (χ2v) is 6.84. The first-order valence-electron chi connectivity index (χ1n) is 7.85. The zero-order valence-corrected chi connectivity index (χ0v) is 15.3. The predicted octanol–water partition coefficient (Wildman–Crippen LogP) is 3.99. The largest absolute Gasteiger partial charge is 0.360 e. The third kappa shape index (κ3) is 2.85. The smallest absolute Gasteiger partial charge is 0.187 e. The standard InChI is InChI=1S/C17H18N6OS/c1-10-5-14(12(3)23(10)16-6-11(2)24-21-16)15-9-25-17(20-15)19-13-7-18-22(4)8-13/h5-9H,1-4H3,(H,19,20). The molecule has 8 heteroatoms. The summed E-state index contributed by atoms with van der Waals surface area (Å²) in [7, 11) is 1.89. The van der Waals surface area contributed by atoms with Crippen LogP contribution in [0.2, 0.25) is 0 Å². The summed E-state index contributed by atoms with van der Waals surface area (Å²) in [5.74, 6) is 1.59. The van der Waals surface area contributed by atoms with Gasteiger partial charge in [-0.05, 0) is 26.8 Å². The summed E-state index contributed by atoms with van der Waals surface area (Å²) >= 11 is 1.57. The molecular weight excluding hydrogens is 336 g/mol. The van der Waals surface area contributed by atoms with Crippen molar-refractivity contribution in [1.29, 1.82) is 0 Å². The van der Waals surface area contributed by atoms with Crippen LogP contribution in [0.1, 0.15) is 17.1 Å². The molecule has 0 radical (unpaired) electrons. The van der Waals surface area contributed by atoms with Crippen molar-refractivity contribution in [2.75, 3.05) is 5.32 Å². The highest BCUT2D eigenvalue weighted by molar-refractivity contribution is 7.14. The Labute approximate surface area is 148 Å². The molecule has 0 aliphatic heterocycles. The summed E-state index contributed by atoms with van der Waals surface area (Å²) in [4.78, 5) is 4.71. The van der Waals surface area contributed by atoms with E-state index in [1.165, 1.54) is 0 Å². The van der Waals surface area contributed by atoms with Crippen molar-refractivity contribution in [1.82, 2.24) is 24.5 Å². The molecule has 4 heterocycles. The van der Waals surface area contributed by atoms with Gasteiger partial charge in [-0.15, -0.1) is 11.3 Å². The summed E-state index contributed by atoms with van der Waals surface area (Å²) in [6, 6.07) is 4.06. The van der Waals surface area contributed by atoms with E-state index < -0.39 is 0 Å². The molecule has 128 valence electrons. The van der Waals surface area contributed by atoms with Crippen LogP contribution in [0, 0.1) is 20.8 Å². The number of rotatable bonds is 4. The average Bonchev–Trinajstić information content (AvgIpc) is 3.31. The Hall–Kier alpha value is -2.87. The van der Waals surface area contributed by atoms with E-state index in [1.807, 2.05) is 26.2 Å². The van der Waals surface area contributed by atoms with E-state index in [1.54, 1.807) is 22.2 Å². The molecule has 4 aromatic rings. The van der Waals surface area contributed by atoms with Gasteiger partial charge in [0.25, 0.3) is 0 Å². The lowest BCUT2D eigenvalue weighted by molar-refractivity contribution is 0.394. The van der Waals surface area contributed by atoms with Gasteiger partial charge in [0.1, 0.15) is 5.76 Å². The fourth-order valence-corrected chi connectivity index (χ4v) is 3.63. The topological polar surface area (TPSA) is 73.7 Å². The highest BCUT2D eigenvalue weighted by Gasteiger charge is 2.17. The molecule has 0 aromatic carbocycles. The quantitative estimate of drug-likeness (QED) is 0.600. The highest BCUT2D eigenvalue weighted by Crippen LogP contribution is 2.32.